The Balaban J connectivity index is 1.69. The number of thiophene rings is 1. The van der Waals surface area contributed by atoms with Gasteiger partial charge in [0.1, 0.15) is 0 Å². The minimum Gasteiger partial charge on any atom is -0.306 e. The molecule has 3 rings (SSSR count). The van der Waals surface area contributed by atoms with Crippen molar-refractivity contribution in [3.8, 4) is 10.6 Å². The van der Waals surface area contributed by atoms with E-state index in [0.717, 1.165) is 12.2 Å². The quantitative estimate of drug-likeness (QED) is 0.755. The fourth-order valence-electron chi connectivity index (χ4n) is 2.11. The van der Waals surface area contributed by atoms with Crippen LogP contribution in [0.5, 0.6) is 0 Å². The Kier molecular flexibility index (Phi) is 3.90. The highest BCUT2D eigenvalue weighted by atomic mass is 32.1. The molecule has 0 amide bonds. The maximum absolute atomic E-state index is 4.16. The summed E-state index contributed by atoms with van der Waals surface area (Å²) in [5, 5.41) is 12.8. The van der Waals surface area contributed by atoms with Gasteiger partial charge in [-0.05, 0) is 36.1 Å². The highest BCUT2D eigenvalue weighted by Crippen LogP contribution is 2.26. The van der Waals surface area contributed by atoms with E-state index in [1.807, 2.05) is 30.7 Å². The SMILES string of the molecule is C[C@H](NCc1cn[nH]c1-c1cccs1)c1ccncc1. The third-order valence-corrected chi connectivity index (χ3v) is 4.18. The molecule has 0 aromatic carbocycles. The van der Waals surface area contributed by atoms with Crippen molar-refractivity contribution >= 4 is 11.3 Å². The summed E-state index contributed by atoms with van der Waals surface area (Å²) in [5.74, 6) is 0. The second kappa shape index (κ2) is 5.98. The first kappa shape index (κ1) is 13.0. The van der Waals surface area contributed by atoms with Gasteiger partial charge in [0.15, 0.2) is 0 Å². The van der Waals surface area contributed by atoms with Crippen LogP contribution in [0.4, 0.5) is 0 Å². The number of hydrogen-bond acceptors (Lipinski definition) is 4. The van der Waals surface area contributed by atoms with Gasteiger partial charge in [-0.3, -0.25) is 10.1 Å². The maximum atomic E-state index is 4.16. The van der Waals surface area contributed by atoms with Crippen molar-refractivity contribution in [2.24, 2.45) is 0 Å². The van der Waals surface area contributed by atoms with Crippen molar-refractivity contribution in [1.29, 1.82) is 0 Å². The molecule has 0 unspecified atom stereocenters. The molecule has 3 aromatic rings. The van der Waals surface area contributed by atoms with Gasteiger partial charge in [-0.2, -0.15) is 5.10 Å². The van der Waals surface area contributed by atoms with E-state index in [1.165, 1.54) is 16.0 Å². The van der Waals surface area contributed by atoms with Gasteiger partial charge >= 0.3 is 0 Å². The summed E-state index contributed by atoms with van der Waals surface area (Å²) in [5.41, 5.74) is 3.53. The normalized spacial score (nSPS) is 12.4. The van der Waals surface area contributed by atoms with Crippen LogP contribution in [0, 0.1) is 0 Å². The maximum Gasteiger partial charge on any atom is 0.0794 e. The average molecular weight is 284 g/mol. The standard InChI is InChI=1S/C15H16N4S/c1-11(12-4-6-16-7-5-12)17-9-13-10-18-19-15(13)14-3-2-8-20-14/h2-8,10-11,17H,9H2,1H3,(H,18,19)/t11-/m0/s1. The Bertz CT molecular complexity index is 646. The molecule has 0 aliphatic rings. The Hall–Kier alpha value is -1.98. The summed E-state index contributed by atoms with van der Waals surface area (Å²) in [6.07, 6.45) is 5.53. The second-order valence-corrected chi connectivity index (χ2v) is 5.58. The first-order chi connectivity index (χ1) is 9.84. The van der Waals surface area contributed by atoms with Crippen molar-refractivity contribution in [1.82, 2.24) is 20.5 Å². The van der Waals surface area contributed by atoms with Crippen LogP contribution < -0.4 is 5.32 Å². The number of nitrogens with zero attached hydrogens (tertiary/aromatic N) is 2. The molecule has 0 fully saturated rings. The number of H-pyrrole nitrogens is 1. The van der Waals surface area contributed by atoms with Gasteiger partial charge in [0, 0.05) is 30.5 Å². The number of aromatic amines is 1. The summed E-state index contributed by atoms with van der Waals surface area (Å²) in [6, 6.07) is 8.51. The molecule has 0 spiro atoms. The number of pyridine rings is 1. The molecular formula is C15H16N4S. The monoisotopic (exact) mass is 284 g/mol. The lowest BCUT2D eigenvalue weighted by atomic mass is 10.1. The predicted molar refractivity (Wildman–Crippen MR) is 81.4 cm³/mol. The van der Waals surface area contributed by atoms with Crippen molar-refractivity contribution in [2.45, 2.75) is 19.5 Å². The fraction of sp³-hybridized carbons (Fsp3) is 0.200. The van der Waals surface area contributed by atoms with Gasteiger partial charge < -0.3 is 5.32 Å². The number of aromatic nitrogens is 3. The minimum atomic E-state index is 0.282. The summed E-state index contributed by atoms with van der Waals surface area (Å²) in [6.45, 7) is 2.94. The lowest BCUT2D eigenvalue weighted by Gasteiger charge is -2.13. The van der Waals surface area contributed by atoms with E-state index in [1.54, 1.807) is 11.3 Å². The molecule has 3 aromatic heterocycles. The summed E-state index contributed by atoms with van der Waals surface area (Å²) >= 11 is 1.72. The first-order valence-electron chi connectivity index (χ1n) is 6.54. The molecule has 0 saturated heterocycles. The van der Waals surface area contributed by atoms with Crippen LogP contribution in [0.3, 0.4) is 0 Å². The number of rotatable bonds is 5. The van der Waals surface area contributed by atoms with E-state index in [9.17, 15) is 0 Å². The van der Waals surface area contributed by atoms with Crippen molar-refractivity contribution in [3.05, 3.63) is 59.4 Å². The fourth-order valence-corrected chi connectivity index (χ4v) is 2.87. The second-order valence-electron chi connectivity index (χ2n) is 4.63. The molecule has 4 nitrogen and oxygen atoms in total. The van der Waals surface area contributed by atoms with E-state index >= 15 is 0 Å². The average Bonchev–Trinajstić information content (AvgIpc) is 3.16. The number of nitrogens with one attached hydrogen (secondary N) is 2. The van der Waals surface area contributed by atoms with Crippen molar-refractivity contribution in [3.63, 3.8) is 0 Å². The van der Waals surface area contributed by atoms with Crippen LogP contribution in [-0.2, 0) is 6.54 Å². The molecule has 3 heterocycles. The zero-order chi connectivity index (χ0) is 13.8. The van der Waals surface area contributed by atoms with E-state index < -0.39 is 0 Å². The molecule has 2 N–H and O–H groups in total. The van der Waals surface area contributed by atoms with Crippen molar-refractivity contribution in [2.75, 3.05) is 0 Å². The Morgan fingerprint density at radius 2 is 2.15 bits per heavy atom. The lowest BCUT2D eigenvalue weighted by Crippen LogP contribution is -2.18. The van der Waals surface area contributed by atoms with Gasteiger partial charge in [0.2, 0.25) is 0 Å². The third kappa shape index (κ3) is 2.79. The Morgan fingerprint density at radius 3 is 2.90 bits per heavy atom. The van der Waals surface area contributed by atoms with Crippen LogP contribution in [0.15, 0.2) is 48.2 Å². The van der Waals surface area contributed by atoms with Crippen LogP contribution in [-0.4, -0.2) is 15.2 Å². The van der Waals surface area contributed by atoms with Gasteiger partial charge in [0.05, 0.1) is 16.8 Å². The van der Waals surface area contributed by atoms with Crippen LogP contribution in [0.25, 0.3) is 10.6 Å². The van der Waals surface area contributed by atoms with Crippen molar-refractivity contribution < 1.29 is 0 Å². The van der Waals surface area contributed by atoms with Crippen LogP contribution in [0.2, 0.25) is 0 Å². The smallest absolute Gasteiger partial charge is 0.0794 e. The Morgan fingerprint density at radius 1 is 1.30 bits per heavy atom. The molecule has 5 heteroatoms. The third-order valence-electron chi connectivity index (χ3n) is 3.29. The van der Waals surface area contributed by atoms with Gasteiger partial charge in [-0.1, -0.05) is 6.07 Å². The topological polar surface area (TPSA) is 53.6 Å². The molecule has 0 bridgehead atoms. The largest absolute Gasteiger partial charge is 0.306 e. The van der Waals surface area contributed by atoms with Gasteiger partial charge in [0.25, 0.3) is 0 Å². The molecule has 102 valence electrons. The molecule has 0 aliphatic carbocycles. The van der Waals surface area contributed by atoms with Gasteiger partial charge in [-0.15, -0.1) is 11.3 Å². The van der Waals surface area contributed by atoms with Crippen LogP contribution in [0.1, 0.15) is 24.1 Å². The zero-order valence-electron chi connectivity index (χ0n) is 11.2. The number of hydrogen-bond donors (Lipinski definition) is 2. The van der Waals surface area contributed by atoms with E-state index in [0.29, 0.717) is 0 Å². The molecule has 20 heavy (non-hydrogen) atoms. The summed E-state index contributed by atoms with van der Waals surface area (Å²) < 4.78 is 0. The first-order valence-corrected chi connectivity index (χ1v) is 7.42. The highest BCUT2D eigenvalue weighted by Gasteiger charge is 2.10. The molecule has 0 aliphatic heterocycles. The summed E-state index contributed by atoms with van der Waals surface area (Å²) in [7, 11) is 0. The molecule has 0 radical (unpaired) electrons. The highest BCUT2D eigenvalue weighted by molar-refractivity contribution is 7.13. The summed E-state index contributed by atoms with van der Waals surface area (Å²) in [4.78, 5) is 5.26. The molecule has 0 saturated carbocycles. The Labute approximate surface area is 121 Å². The van der Waals surface area contributed by atoms with Crippen LogP contribution >= 0.6 is 11.3 Å². The minimum absolute atomic E-state index is 0.282. The predicted octanol–water partition coefficient (Wildman–Crippen LogP) is 3.38. The van der Waals surface area contributed by atoms with E-state index in [-0.39, 0.29) is 6.04 Å². The van der Waals surface area contributed by atoms with Gasteiger partial charge in [-0.25, -0.2) is 0 Å². The van der Waals surface area contributed by atoms with E-state index in [4.69, 9.17) is 0 Å². The molecule has 1 atom stereocenters. The molecular weight excluding hydrogens is 268 g/mol. The lowest BCUT2D eigenvalue weighted by molar-refractivity contribution is 0.575. The van der Waals surface area contributed by atoms with E-state index in [2.05, 4.69) is 44.9 Å². The zero-order valence-corrected chi connectivity index (χ0v) is 12.0.